The number of hydrogen-bond acceptors (Lipinski definition) is 2. The molecule has 0 amide bonds. The smallest absolute Gasteiger partial charge is 0.140 e. The van der Waals surface area contributed by atoms with Crippen molar-refractivity contribution in [1.29, 1.82) is 0 Å². The number of carbonyl (C=O) groups is 1. The minimum absolute atomic E-state index is 0.0602. The van der Waals surface area contributed by atoms with Gasteiger partial charge in [-0.15, -0.1) is 0 Å². The van der Waals surface area contributed by atoms with E-state index < -0.39 is 11.6 Å². The number of benzene rings is 1. The van der Waals surface area contributed by atoms with Crippen LogP contribution in [0.1, 0.15) is 25.3 Å². The minimum atomic E-state index is -0.536. The Labute approximate surface area is 99.8 Å². The molecule has 4 heteroatoms. The van der Waals surface area contributed by atoms with E-state index in [2.05, 4.69) is 0 Å². The molecule has 17 heavy (non-hydrogen) atoms. The number of hydrogen-bond donors (Lipinski definition) is 1. The number of nitrogens with two attached hydrogens (primary N) is 1. The molecule has 1 aromatic rings. The van der Waals surface area contributed by atoms with Gasteiger partial charge in [-0.3, -0.25) is 4.79 Å². The maximum atomic E-state index is 13.3. The second-order valence-corrected chi connectivity index (χ2v) is 4.21. The van der Waals surface area contributed by atoms with Gasteiger partial charge >= 0.3 is 0 Å². The summed E-state index contributed by atoms with van der Waals surface area (Å²) in [7, 11) is 0. The van der Waals surface area contributed by atoms with Crippen LogP contribution in [0, 0.1) is 17.6 Å². The van der Waals surface area contributed by atoms with E-state index in [4.69, 9.17) is 5.73 Å². The summed E-state index contributed by atoms with van der Waals surface area (Å²) in [5, 5.41) is 0. The topological polar surface area (TPSA) is 43.1 Å². The van der Waals surface area contributed by atoms with Crippen LogP contribution in [-0.2, 0) is 11.2 Å². The molecule has 1 rings (SSSR count). The lowest BCUT2D eigenvalue weighted by Crippen LogP contribution is -2.16. The molecule has 0 bridgehead atoms. The molecule has 0 saturated carbocycles. The van der Waals surface area contributed by atoms with Crippen LogP contribution in [0.3, 0.4) is 0 Å². The summed E-state index contributed by atoms with van der Waals surface area (Å²) in [4.78, 5) is 11.8. The van der Waals surface area contributed by atoms with Gasteiger partial charge in [0, 0.05) is 12.3 Å². The molecular weight excluding hydrogens is 224 g/mol. The lowest BCUT2D eigenvalue weighted by Gasteiger charge is -2.10. The van der Waals surface area contributed by atoms with Crippen LogP contribution in [0.2, 0.25) is 0 Å². The van der Waals surface area contributed by atoms with Crippen molar-refractivity contribution in [1.82, 2.24) is 0 Å². The Bertz CT molecular complexity index is 393. The van der Waals surface area contributed by atoms with E-state index in [9.17, 15) is 13.6 Å². The fourth-order valence-corrected chi connectivity index (χ4v) is 1.63. The summed E-state index contributed by atoms with van der Waals surface area (Å²) in [5.41, 5.74) is 5.47. The molecule has 0 heterocycles. The first-order chi connectivity index (χ1) is 8.04. The molecule has 0 aromatic heterocycles. The zero-order valence-corrected chi connectivity index (χ0v) is 9.88. The van der Waals surface area contributed by atoms with Gasteiger partial charge in [0.1, 0.15) is 17.4 Å². The summed E-state index contributed by atoms with van der Waals surface area (Å²) in [6.07, 6.45) is 1.39. The van der Waals surface area contributed by atoms with Gasteiger partial charge in [0.15, 0.2) is 0 Å². The Kier molecular flexibility index (Phi) is 5.22. The highest BCUT2D eigenvalue weighted by Crippen LogP contribution is 2.15. The first-order valence-corrected chi connectivity index (χ1v) is 5.71. The molecule has 2 N–H and O–H groups in total. The number of rotatable bonds is 6. The molecule has 94 valence electrons. The zero-order chi connectivity index (χ0) is 12.8. The van der Waals surface area contributed by atoms with Crippen LogP contribution in [0.4, 0.5) is 8.78 Å². The van der Waals surface area contributed by atoms with Gasteiger partial charge < -0.3 is 5.73 Å². The molecule has 1 aromatic carbocycles. The van der Waals surface area contributed by atoms with Gasteiger partial charge in [0.25, 0.3) is 0 Å². The van der Waals surface area contributed by atoms with Crippen molar-refractivity contribution < 1.29 is 13.6 Å². The van der Waals surface area contributed by atoms with E-state index >= 15 is 0 Å². The van der Waals surface area contributed by atoms with Crippen molar-refractivity contribution in [2.75, 3.05) is 6.54 Å². The first kappa shape index (κ1) is 13.8. The van der Waals surface area contributed by atoms with E-state index in [1.54, 1.807) is 6.92 Å². The maximum Gasteiger partial charge on any atom is 0.140 e. The molecular formula is C13H17F2NO. The van der Waals surface area contributed by atoms with Crippen LogP contribution >= 0.6 is 0 Å². The van der Waals surface area contributed by atoms with Crippen LogP contribution in [0.15, 0.2) is 18.2 Å². The Morgan fingerprint density at radius 3 is 2.76 bits per heavy atom. The van der Waals surface area contributed by atoms with Crippen molar-refractivity contribution in [2.45, 2.75) is 26.2 Å². The molecule has 0 aliphatic rings. The first-order valence-electron chi connectivity index (χ1n) is 5.71. The molecule has 0 saturated heterocycles. The Balaban J connectivity index is 2.64. The van der Waals surface area contributed by atoms with Crippen LogP contribution < -0.4 is 5.73 Å². The molecule has 0 spiro atoms. The zero-order valence-electron chi connectivity index (χ0n) is 9.88. The van der Waals surface area contributed by atoms with Crippen LogP contribution in [-0.4, -0.2) is 12.3 Å². The largest absolute Gasteiger partial charge is 0.330 e. The van der Waals surface area contributed by atoms with Gasteiger partial charge in [-0.2, -0.15) is 0 Å². The van der Waals surface area contributed by atoms with E-state index in [1.807, 2.05) is 0 Å². The highest BCUT2D eigenvalue weighted by molar-refractivity contribution is 5.82. The minimum Gasteiger partial charge on any atom is -0.330 e. The highest BCUT2D eigenvalue weighted by atomic mass is 19.1. The van der Waals surface area contributed by atoms with Gasteiger partial charge in [0.05, 0.1) is 0 Å². The normalized spacial score (nSPS) is 12.5. The third-order valence-electron chi connectivity index (χ3n) is 2.76. The van der Waals surface area contributed by atoms with Crippen molar-refractivity contribution in [3.8, 4) is 0 Å². The van der Waals surface area contributed by atoms with Crippen molar-refractivity contribution in [2.24, 2.45) is 11.7 Å². The number of ketones is 1. The highest BCUT2D eigenvalue weighted by Gasteiger charge is 2.15. The number of carbonyl (C=O) groups excluding carboxylic acids is 1. The fourth-order valence-electron chi connectivity index (χ4n) is 1.63. The van der Waals surface area contributed by atoms with E-state index in [0.717, 1.165) is 24.6 Å². The quantitative estimate of drug-likeness (QED) is 0.831. The summed E-state index contributed by atoms with van der Waals surface area (Å²) in [5.74, 6) is -1.31. The fraction of sp³-hybridized carbons (Fsp3) is 0.462. The monoisotopic (exact) mass is 241 g/mol. The molecule has 0 fully saturated rings. The second-order valence-electron chi connectivity index (χ2n) is 4.21. The lowest BCUT2D eigenvalue weighted by atomic mass is 9.95. The Hall–Kier alpha value is -1.29. The molecule has 1 atom stereocenters. The molecule has 1 unspecified atom stereocenters. The Morgan fingerprint density at radius 2 is 2.12 bits per heavy atom. The predicted octanol–water partition coefficient (Wildman–Crippen LogP) is 2.45. The van der Waals surface area contributed by atoms with E-state index in [-0.39, 0.29) is 23.7 Å². The predicted molar refractivity (Wildman–Crippen MR) is 62.5 cm³/mol. The molecule has 0 aliphatic heterocycles. The van der Waals surface area contributed by atoms with Crippen molar-refractivity contribution >= 4 is 5.78 Å². The van der Waals surface area contributed by atoms with Gasteiger partial charge in [0.2, 0.25) is 0 Å². The van der Waals surface area contributed by atoms with Gasteiger partial charge in [-0.05, 0) is 43.1 Å². The summed E-state index contributed by atoms with van der Waals surface area (Å²) < 4.78 is 26.2. The molecule has 0 radical (unpaired) electrons. The molecule has 2 nitrogen and oxygen atoms in total. The SMILES string of the molecule is CC(CCCN)C(=O)Cc1cc(F)ccc1F. The van der Waals surface area contributed by atoms with Crippen molar-refractivity contribution in [3.05, 3.63) is 35.4 Å². The summed E-state index contributed by atoms with van der Waals surface area (Å²) in [6.45, 7) is 2.32. The van der Waals surface area contributed by atoms with E-state index in [1.165, 1.54) is 0 Å². The number of Topliss-reactive ketones (excluding diaryl/α,β-unsaturated/α-hetero) is 1. The summed E-state index contributed by atoms with van der Waals surface area (Å²) >= 11 is 0. The summed E-state index contributed by atoms with van der Waals surface area (Å²) in [6, 6.07) is 3.16. The lowest BCUT2D eigenvalue weighted by molar-refractivity contribution is -0.121. The van der Waals surface area contributed by atoms with E-state index in [0.29, 0.717) is 13.0 Å². The molecule has 0 aliphatic carbocycles. The van der Waals surface area contributed by atoms with Crippen molar-refractivity contribution in [3.63, 3.8) is 0 Å². The van der Waals surface area contributed by atoms with Gasteiger partial charge in [-0.25, -0.2) is 8.78 Å². The Morgan fingerprint density at radius 1 is 1.41 bits per heavy atom. The average Bonchev–Trinajstić information content (AvgIpc) is 2.30. The third-order valence-corrected chi connectivity index (χ3v) is 2.76. The average molecular weight is 241 g/mol. The second kappa shape index (κ2) is 6.45. The van der Waals surface area contributed by atoms with Crippen LogP contribution in [0.25, 0.3) is 0 Å². The maximum absolute atomic E-state index is 13.3. The van der Waals surface area contributed by atoms with Crippen LogP contribution in [0.5, 0.6) is 0 Å². The van der Waals surface area contributed by atoms with Gasteiger partial charge in [-0.1, -0.05) is 6.92 Å². The third kappa shape index (κ3) is 4.23. The standard InChI is InChI=1S/C13H17F2NO/c1-9(3-2-6-16)13(17)8-10-7-11(14)4-5-12(10)15/h4-5,7,9H,2-3,6,8,16H2,1H3. The number of halogens is 2.